The van der Waals surface area contributed by atoms with Crippen LogP contribution in [0.25, 0.3) is 77.4 Å². The van der Waals surface area contributed by atoms with E-state index in [-0.39, 0.29) is 0 Å². The summed E-state index contributed by atoms with van der Waals surface area (Å²) in [5.74, 6) is -0.467. The van der Waals surface area contributed by atoms with Gasteiger partial charge in [-0.25, -0.2) is 0 Å². The van der Waals surface area contributed by atoms with E-state index < -0.39 is 5.92 Å². The standard InChI is InChI=1S/C38H24N4O/c39-21-19-26(42-33-14-6-1-9-27(33)28-10-2-7-15-34(28)42)23-25(24-40)20-22-41-32-13-5-3-12-31(32)37-35(41)18-17-30-29-11-4-8-16-36(29)43-38(30)37/h1-20,22,25H,23H2/b22-20+,26-19-. The zero-order valence-corrected chi connectivity index (χ0v) is 23.1. The SMILES string of the molecule is N#C/C=C(/CC(C#N)/C=C/n1c2ccccc2c2c3oc4ccccc4c3ccc21)n1c2ccccc2c2ccccc21. The molecule has 8 aromatic rings. The second-order valence-electron chi connectivity index (χ2n) is 10.7. The molecule has 0 amide bonds. The summed E-state index contributed by atoms with van der Waals surface area (Å²) in [5, 5.41) is 26.6. The van der Waals surface area contributed by atoms with Crippen molar-refractivity contribution in [1.82, 2.24) is 9.13 Å². The van der Waals surface area contributed by atoms with Gasteiger partial charge in [0.05, 0.1) is 45.5 Å². The van der Waals surface area contributed by atoms with Gasteiger partial charge in [-0.1, -0.05) is 78.9 Å². The Bertz CT molecular complexity index is 2470. The van der Waals surface area contributed by atoms with Gasteiger partial charge in [0, 0.05) is 51.3 Å². The van der Waals surface area contributed by atoms with Crippen LogP contribution < -0.4 is 0 Å². The molecule has 0 fully saturated rings. The number of benzene rings is 5. The topological polar surface area (TPSA) is 70.6 Å². The van der Waals surface area contributed by atoms with Crippen LogP contribution in [-0.2, 0) is 0 Å². The Hall–Kier alpha value is -6.04. The first-order valence-corrected chi connectivity index (χ1v) is 14.2. The first-order chi connectivity index (χ1) is 21.3. The summed E-state index contributed by atoms with van der Waals surface area (Å²) in [5.41, 5.74) is 6.59. The highest BCUT2D eigenvalue weighted by molar-refractivity contribution is 6.23. The van der Waals surface area contributed by atoms with E-state index in [4.69, 9.17) is 4.42 Å². The maximum absolute atomic E-state index is 10.3. The van der Waals surface area contributed by atoms with Crippen LogP contribution in [0.3, 0.4) is 0 Å². The zero-order chi connectivity index (χ0) is 28.9. The van der Waals surface area contributed by atoms with Gasteiger partial charge in [0.25, 0.3) is 0 Å². The molecule has 3 aromatic heterocycles. The third-order valence-electron chi connectivity index (χ3n) is 8.38. The minimum absolute atomic E-state index is 0.383. The quantitative estimate of drug-likeness (QED) is 0.200. The van der Waals surface area contributed by atoms with Crippen LogP contribution in [-0.4, -0.2) is 9.13 Å². The maximum atomic E-state index is 10.3. The van der Waals surface area contributed by atoms with Crippen molar-refractivity contribution in [3.05, 3.63) is 121 Å². The van der Waals surface area contributed by atoms with E-state index in [2.05, 4.69) is 75.9 Å². The van der Waals surface area contributed by atoms with Crippen molar-refractivity contribution in [2.75, 3.05) is 0 Å². The Kier molecular flexibility index (Phi) is 5.64. The summed E-state index contributed by atoms with van der Waals surface area (Å²) < 4.78 is 10.6. The van der Waals surface area contributed by atoms with Crippen molar-refractivity contribution in [2.45, 2.75) is 6.42 Å². The van der Waals surface area contributed by atoms with Gasteiger partial charge in [-0.05, 0) is 36.4 Å². The molecule has 1 unspecified atom stereocenters. The Morgan fingerprint density at radius 2 is 1.30 bits per heavy atom. The van der Waals surface area contributed by atoms with Gasteiger partial charge in [-0.15, -0.1) is 0 Å². The summed E-state index contributed by atoms with van der Waals surface area (Å²) in [6, 6.07) is 41.7. The number of nitriles is 2. The number of nitrogens with zero attached hydrogens (tertiary/aromatic N) is 4. The predicted molar refractivity (Wildman–Crippen MR) is 175 cm³/mol. The van der Waals surface area contributed by atoms with E-state index in [1.165, 1.54) is 0 Å². The highest BCUT2D eigenvalue weighted by atomic mass is 16.3. The average Bonchev–Trinajstić information content (AvgIpc) is 3.70. The second kappa shape index (κ2) is 9.80. The van der Waals surface area contributed by atoms with Crippen LogP contribution in [0.2, 0.25) is 0 Å². The number of hydrogen-bond donors (Lipinski definition) is 0. The summed E-state index contributed by atoms with van der Waals surface area (Å²) >= 11 is 0. The molecule has 0 aliphatic heterocycles. The van der Waals surface area contributed by atoms with Gasteiger partial charge < -0.3 is 13.6 Å². The summed E-state index contributed by atoms with van der Waals surface area (Å²) in [6.45, 7) is 0. The average molecular weight is 553 g/mol. The molecule has 0 saturated heterocycles. The van der Waals surface area contributed by atoms with Gasteiger partial charge in [-0.2, -0.15) is 10.5 Å². The van der Waals surface area contributed by atoms with Crippen molar-refractivity contribution < 1.29 is 4.42 Å². The van der Waals surface area contributed by atoms with Crippen LogP contribution >= 0.6 is 0 Å². The molecule has 43 heavy (non-hydrogen) atoms. The molecule has 5 nitrogen and oxygen atoms in total. The summed E-state index contributed by atoms with van der Waals surface area (Å²) in [6.07, 6.45) is 5.88. The van der Waals surface area contributed by atoms with Crippen LogP contribution in [0.5, 0.6) is 0 Å². The second-order valence-corrected chi connectivity index (χ2v) is 10.7. The van der Waals surface area contributed by atoms with Crippen LogP contribution in [0.4, 0.5) is 0 Å². The maximum Gasteiger partial charge on any atom is 0.145 e. The Morgan fingerprint density at radius 3 is 2.00 bits per heavy atom. The lowest BCUT2D eigenvalue weighted by atomic mass is 10.0. The van der Waals surface area contributed by atoms with Crippen molar-refractivity contribution >= 4 is 77.4 Å². The van der Waals surface area contributed by atoms with E-state index in [0.717, 1.165) is 71.2 Å². The number of aromatic nitrogens is 2. The fourth-order valence-electron chi connectivity index (χ4n) is 6.52. The van der Waals surface area contributed by atoms with Crippen LogP contribution in [0.1, 0.15) is 6.42 Å². The Morgan fingerprint density at radius 1 is 0.674 bits per heavy atom. The fourth-order valence-corrected chi connectivity index (χ4v) is 6.52. The predicted octanol–water partition coefficient (Wildman–Crippen LogP) is 9.87. The largest absolute Gasteiger partial charge is 0.455 e. The van der Waals surface area contributed by atoms with Crippen LogP contribution in [0.15, 0.2) is 126 Å². The zero-order valence-electron chi connectivity index (χ0n) is 23.1. The summed E-state index contributed by atoms with van der Waals surface area (Å²) in [4.78, 5) is 0. The first-order valence-electron chi connectivity index (χ1n) is 14.2. The van der Waals surface area contributed by atoms with Gasteiger partial charge in [0.1, 0.15) is 11.2 Å². The minimum atomic E-state index is -0.467. The van der Waals surface area contributed by atoms with E-state index >= 15 is 0 Å². The highest BCUT2D eigenvalue weighted by Crippen LogP contribution is 2.39. The lowest BCUT2D eigenvalue weighted by Crippen LogP contribution is -2.03. The Balaban J connectivity index is 1.25. The molecule has 3 heterocycles. The molecule has 0 saturated carbocycles. The lowest BCUT2D eigenvalue weighted by molar-refractivity contribution is 0.673. The molecule has 8 rings (SSSR count). The molecule has 0 aliphatic carbocycles. The molecule has 1 atom stereocenters. The molecular formula is C38H24N4O. The highest BCUT2D eigenvalue weighted by Gasteiger charge is 2.19. The number of hydrogen-bond acceptors (Lipinski definition) is 3. The fraction of sp³-hybridized carbons (Fsp3) is 0.0526. The molecule has 0 aliphatic rings. The number of furan rings is 1. The molecule has 202 valence electrons. The van der Waals surface area contributed by atoms with Gasteiger partial charge >= 0.3 is 0 Å². The van der Waals surface area contributed by atoms with Crippen molar-refractivity contribution in [2.24, 2.45) is 5.92 Å². The molecule has 5 heteroatoms. The Labute approximate surface area is 247 Å². The molecule has 5 aromatic carbocycles. The van der Waals surface area contributed by atoms with Gasteiger partial charge in [-0.3, -0.25) is 0 Å². The number of fused-ring (bicyclic) bond motifs is 10. The number of rotatable bonds is 5. The van der Waals surface area contributed by atoms with E-state index in [0.29, 0.717) is 6.42 Å². The molecule has 0 bridgehead atoms. The smallest absolute Gasteiger partial charge is 0.145 e. The molecule has 0 spiro atoms. The minimum Gasteiger partial charge on any atom is -0.455 e. The van der Waals surface area contributed by atoms with Crippen molar-refractivity contribution in [1.29, 1.82) is 10.5 Å². The van der Waals surface area contributed by atoms with Crippen molar-refractivity contribution in [3.8, 4) is 12.1 Å². The van der Waals surface area contributed by atoms with Gasteiger partial charge in [0.15, 0.2) is 0 Å². The third kappa shape index (κ3) is 3.76. The van der Waals surface area contributed by atoms with E-state index in [9.17, 15) is 10.5 Å². The number of para-hydroxylation sites is 4. The number of allylic oxidation sites excluding steroid dienone is 3. The first kappa shape index (κ1) is 24.7. The molecular weight excluding hydrogens is 528 g/mol. The summed E-state index contributed by atoms with van der Waals surface area (Å²) in [7, 11) is 0. The molecule has 0 N–H and O–H groups in total. The van der Waals surface area contributed by atoms with E-state index in [1.54, 1.807) is 6.08 Å². The molecule has 0 radical (unpaired) electrons. The van der Waals surface area contributed by atoms with Crippen LogP contribution in [0, 0.1) is 28.6 Å². The third-order valence-corrected chi connectivity index (χ3v) is 8.38. The lowest BCUT2D eigenvalue weighted by Gasteiger charge is -2.13. The van der Waals surface area contributed by atoms with Crippen molar-refractivity contribution in [3.63, 3.8) is 0 Å². The normalized spacial score (nSPS) is 13.1. The van der Waals surface area contributed by atoms with E-state index in [1.807, 2.05) is 66.9 Å². The monoisotopic (exact) mass is 552 g/mol. The van der Waals surface area contributed by atoms with Gasteiger partial charge in [0.2, 0.25) is 0 Å².